The van der Waals surface area contributed by atoms with Crippen LogP contribution < -0.4 is 4.72 Å². The van der Waals surface area contributed by atoms with Crippen molar-refractivity contribution in [2.45, 2.75) is 63.7 Å². The molecule has 1 aromatic carbocycles. The van der Waals surface area contributed by atoms with E-state index in [0.29, 0.717) is 11.6 Å². The summed E-state index contributed by atoms with van der Waals surface area (Å²) >= 11 is 6.91. The van der Waals surface area contributed by atoms with E-state index in [9.17, 15) is 4.55 Å². The second kappa shape index (κ2) is 10.2. The maximum atomic E-state index is 13.2. The van der Waals surface area contributed by atoms with Gasteiger partial charge in [0.15, 0.2) is 5.79 Å². The number of nitrogens with one attached hydrogen (secondary N) is 1. The SMILES string of the molecule is CC1(C)OCC(C)(c2ccnc(-c3ccnc4cc(C(N[S@@+]([O-])C(C)(C)C)c5ccccc5Cl)sc34)c2)O1. The van der Waals surface area contributed by atoms with Gasteiger partial charge in [0.25, 0.3) is 0 Å². The lowest BCUT2D eigenvalue weighted by molar-refractivity contribution is -0.159. The van der Waals surface area contributed by atoms with Crippen LogP contribution >= 0.6 is 22.9 Å². The number of fused-ring (bicyclic) bond motifs is 1. The largest absolute Gasteiger partial charge is 0.598 e. The number of halogens is 1. The molecule has 1 aliphatic heterocycles. The van der Waals surface area contributed by atoms with Gasteiger partial charge in [0.1, 0.15) is 16.4 Å². The number of ether oxygens (including phenoxy) is 2. The fourth-order valence-corrected chi connectivity index (χ4v) is 6.88. The molecule has 1 fully saturated rings. The molecule has 5 rings (SSSR count). The van der Waals surface area contributed by atoms with Gasteiger partial charge >= 0.3 is 0 Å². The van der Waals surface area contributed by atoms with Gasteiger partial charge in [-0.15, -0.1) is 16.1 Å². The highest BCUT2D eigenvalue weighted by Gasteiger charge is 2.43. The van der Waals surface area contributed by atoms with Crippen LogP contribution in [0.2, 0.25) is 5.02 Å². The van der Waals surface area contributed by atoms with Gasteiger partial charge in [0.2, 0.25) is 0 Å². The molecule has 9 heteroatoms. The average molecular weight is 570 g/mol. The van der Waals surface area contributed by atoms with Crippen molar-refractivity contribution >= 4 is 44.5 Å². The maximum Gasteiger partial charge on any atom is 0.164 e. The normalized spacial score (nSPS) is 21.1. The van der Waals surface area contributed by atoms with Crippen molar-refractivity contribution in [1.29, 1.82) is 0 Å². The Kier molecular flexibility index (Phi) is 7.37. The minimum atomic E-state index is -1.32. The summed E-state index contributed by atoms with van der Waals surface area (Å²) < 4.78 is 29.2. The Hall–Kier alpha value is -2.04. The highest BCUT2D eigenvalue weighted by Crippen LogP contribution is 2.42. The minimum Gasteiger partial charge on any atom is -0.598 e. The Balaban J connectivity index is 1.58. The molecular formula is C29H32ClN3O3S2. The number of hydrogen-bond acceptors (Lipinski definition) is 7. The van der Waals surface area contributed by atoms with Crippen molar-refractivity contribution in [2.24, 2.45) is 0 Å². The minimum absolute atomic E-state index is 0.361. The number of hydrogen-bond donors (Lipinski definition) is 1. The van der Waals surface area contributed by atoms with Crippen LogP contribution in [-0.2, 0) is 26.4 Å². The molecule has 200 valence electrons. The van der Waals surface area contributed by atoms with Gasteiger partial charge in [-0.2, -0.15) is 0 Å². The van der Waals surface area contributed by atoms with E-state index in [1.807, 2.05) is 90.2 Å². The van der Waals surface area contributed by atoms with E-state index in [0.717, 1.165) is 37.5 Å². The Morgan fingerprint density at radius 2 is 1.82 bits per heavy atom. The molecule has 38 heavy (non-hydrogen) atoms. The van der Waals surface area contributed by atoms with E-state index in [2.05, 4.69) is 15.8 Å². The van der Waals surface area contributed by atoms with E-state index >= 15 is 0 Å². The van der Waals surface area contributed by atoms with E-state index in [1.54, 1.807) is 17.5 Å². The van der Waals surface area contributed by atoms with Gasteiger partial charge in [-0.25, -0.2) is 0 Å². The van der Waals surface area contributed by atoms with Crippen LogP contribution in [0.25, 0.3) is 21.5 Å². The van der Waals surface area contributed by atoms with Gasteiger partial charge in [-0.3, -0.25) is 9.97 Å². The van der Waals surface area contributed by atoms with Crippen molar-refractivity contribution in [2.75, 3.05) is 6.61 Å². The van der Waals surface area contributed by atoms with E-state index in [-0.39, 0.29) is 6.04 Å². The van der Waals surface area contributed by atoms with Gasteiger partial charge in [0.05, 0.1) is 22.5 Å². The summed E-state index contributed by atoms with van der Waals surface area (Å²) in [5.41, 5.74) is 3.97. The van der Waals surface area contributed by atoms with Crippen LogP contribution in [0.1, 0.15) is 63.6 Å². The molecule has 0 amide bonds. The third kappa shape index (κ3) is 5.49. The standard InChI is InChI=1S/C29H32ClN3O3S2/c1-27(2,3)38(34)33-25(19-9-7-8-10-21(19)30)24-16-23-26(37-24)20(12-14-32-23)22-15-18(11-13-31-22)29(6)17-35-28(4,5)36-29/h7-16,25,33H,17H2,1-6H3/t25?,29?,38-/m0/s1. The topological polar surface area (TPSA) is 79.3 Å². The second-order valence-electron chi connectivity index (χ2n) is 11.1. The van der Waals surface area contributed by atoms with Crippen LogP contribution in [0.15, 0.2) is 60.9 Å². The van der Waals surface area contributed by atoms with Gasteiger partial charge in [0, 0.05) is 39.2 Å². The lowest BCUT2D eigenvalue weighted by atomic mass is 9.96. The quantitative estimate of drug-likeness (QED) is 0.248. The number of benzene rings is 1. The van der Waals surface area contributed by atoms with Crippen molar-refractivity contribution in [3.63, 3.8) is 0 Å². The van der Waals surface area contributed by atoms with Crippen LogP contribution in [-0.4, -0.2) is 31.7 Å². The molecule has 1 saturated heterocycles. The number of aromatic nitrogens is 2. The predicted molar refractivity (Wildman–Crippen MR) is 156 cm³/mol. The molecule has 3 aromatic heterocycles. The van der Waals surface area contributed by atoms with E-state index in [1.165, 1.54) is 0 Å². The number of nitrogens with zero attached hydrogens (tertiary/aromatic N) is 2. The van der Waals surface area contributed by atoms with Crippen molar-refractivity contribution in [1.82, 2.24) is 14.7 Å². The summed E-state index contributed by atoms with van der Waals surface area (Å²) in [6.07, 6.45) is 3.61. The van der Waals surface area contributed by atoms with Crippen molar-refractivity contribution < 1.29 is 14.0 Å². The first-order valence-corrected chi connectivity index (χ1v) is 14.8. The Labute approximate surface area is 236 Å². The lowest BCUT2D eigenvalue weighted by Crippen LogP contribution is -2.41. The third-order valence-corrected chi connectivity index (χ3v) is 9.65. The molecular weight excluding hydrogens is 538 g/mol. The van der Waals surface area contributed by atoms with Gasteiger partial charge < -0.3 is 14.0 Å². The first-order valence-electron chi connectivity index (χ1n) is 12.5. The van der Waals surface area contributed by atoms with Crippen LogP contribution in [0, 0.1) is 0 Å². The molecule has 0 spiro atoms. The van der Waals surface area contributed by atoms with Crippen molar-refractivity contribution in [3.05, 3.63) is 82.0 Å². The molecule has 0 saturated carbocycles. The lowest BCUT2D eigenvalue weighted by Gasteiger charge is -2.28. The number of thiophene rings is 1. The summed E-state index contributed by atoms with van der Waals surface area (Å²) in [5, 5.41) is 0.617. The van der Waals surface area contributed by atoms with Gasteiger partial charge in [-0.05, 0) is 83.0 Å². The first-order chi connectivity index (χ1) is 17.9. The Morgan fingerprint density at radius 1 is 1.08 bits per heavy atom. The van der Waals surface area contributed by atoms with Crippen molar-refractivity contribution in [3.8, 4) is 11.3 Å². The van der Waals surface area contributed by atoms with Crippen LogP contribution in [0.5, 0.6) is 0 Å². The monoisotopic (exact) mass is 569 g/mol. The maximum absolute atomic E-state index is 13.2. The first kappa shape index (κ1) is 27.5. The Morgan fingerprint density at radius 3 is 2.50 bits per heavy atom. The molecule has 4 aromatic rings. The van der Waals surface area contributed by atoms with Crippen LogP contribution in [0.3, 0.4) is 0 Å². The molecule has 0 aliphatic carbocycles. The molecule has 0 bridgehead atoms. The molecule has 1 N–H and O–H groups in total. The summed E-state index contributed by atoms with van der Waals surface area (Å²) in [5.74, 6) is -0.640. The fourth-order valence-electron chi connectivity index (χ4n) is 4.53. The van der Waals surface area contributed by atoms with E-state index < -0.39 is 27.5 Å². The summed E-state index contributed by atoms with van der Waals surface area (Å²) in [7, 11) is 0. The highest BCUT2D eigenvalue weighted by atomic mass is 35.5. The summed E-state index contributed by atoms with van der Waals surface area (Å²) in [6, 6.07) is 15.4. The molecule has 2 unspecified atom stereocenters. The molecule has 3 atom stereocenters. The van der Waals surface area contributed by atoms with E-state index in [4.69, 9.17) is 26.1 Å². The zero-order valence-electron chi connectivity index (χ0n) is 22.4. The molecule has 4 heterocycles. The second-order valence-corrected chi connectivity index (χ2v) is 14.6. The highest BCUT2D eigenvalue weighted by molar-refractivity contribution is 7.90. The van der Waals surface area contributed by atoms with Gasteiger partial charge in [-0.1, -0.05) is 29.8 Å². The molecule has 1 aliphatic rings. The summed E-state index contributed by atoms with van der Waals surface area (Å²) in [4.78, 5) is 10.3. The number of rotatable bonds is 6. The number of pyridine rings is 2. The van der Waals surface area contributed by atoms with Crippen LogP contribution in [0.4, 0.5) is 0 Å². The Bertz CT molecular complexity index is 1470. The predicted octanol–water partition coefficient (Wildman–Crippen LogP) is 7.15. The zero-order chi connectivity index (χ0) is 27.3. The zero-order valence-corrected chi connectivity index (χ0v) is 24.8. The molecule has 0 radical (unpaired) electrons. The smallest absolute Gasteiger partial charge is 0.164 e. The third-order valence-electron chi connectivity index (χ3n) is 6.53. The molecule has 6 nitrogen and oxygen atoms in total. The average Bonchev–Trinajstić information content (AvgIpc) is 3.42. The fraction of sp³-hybridized carbons (Fsp3) is 0.379. The summed E-state index contributed by atoms with van der Waals surface area (Å²) in [6.45, 7) is 12.2.